The predicted octanol–water partition coefficient (Wildman–Crippen LogP) is 4.04. The highest BCUT2D eigenvalue weighted by Crippen LogP contribution is 2.34. The minimum absolute atomic E-state index is 0.0869. The van der Waals surface area contributed by atoms with E-state index in [0.717, 1.165) is 17.0 Å². The summed E-state index contributed by atoms with van der Waals surface area (Å²) in [6, 6.07) is 6.35. The molecule has 0 unspecified atom stereocenters. The summed E-state index contributed by atoms with van der Waals surface area (Å²) in [5.41, 5.74) is -2.00. The van der Waals surface area contributed by atoms with Crippen molar-refractivity contribution in [2.45, 2.75) is 12.8 Å². The van der Waals surface area contributed by atoms with Crippen LogP contribution in [0.25, 0.3) is 0 Å². The molecule has 106 valence electrons. The lowest BCUT2D eigenvalue weighted by Gasteiger charge is -2.12. The topological polar surface area (TPSA) is 46.5 Å². The Bertz CT molecular complexity index is 606. The monoisotopic (exact) mass is 302 g/mol. The summed E-state index contributed by atoms with van der Waals surface area (Å²) >= 11 is 1.44. The molecule has 0 aliphatic carbocycles. The van der Waals surface area contributed by atoms with Crippen molar-refractivity contribution < 1.29 is 27.8 Å². The number of rotatable bonds is 4. The molecule has 1 heterocycles. The fourth-order valence-corrected chi connectivity index (χ4v) is 2.20. The van der Waals surface area contributed by atoms with Crippen LogP contribution in [-0.2, 0) is 12.8 Å². The molecule has 0 bridgehead atoms. The highest BCUT2D eigenvalue weighted by Gasteiger charge is 2.35. The van der Waals surface area contributed by atoms with E-state index in [0.29, 0.717) is 6.07 Å². The van der Waals surface area contributed by atoms with E-state index in [4.69, 9.17) is 9.84 Å². The first-order chi connectivity index (χ1) is 9.38. The number of hydrogen-bond donors (Lipinski definition) is 1. The van der Waals surface area contributed by atoms with E-state index >= 15 is 0 Å². The first-order valence-electron chi connectivity index (χ1n) is 5.47. The van der Waals surface area contributed by atoms with Gasteiger partial charge in [-0.1, -0.05) is 6.07 Å². The molecule has 0 saturated heterocycles. The summed E-state index contributed by atoms with van der Waals surface area (Å²) in [4.78, 5) is 11.8. The second kappa shape index (κ2) is 5.54. The van der Waals surface area contributed by atoms with Gasteiger partial charge in [0.25, 0.3) is 0 Å². The highest BCUT2D eigenvalue weighted by molar-refractivity contribution is 7.09. The largest absolute Gasteiger partial charge is 0.488 e. The molecule has 0 aliphatic heterocycles. The van der Waals surface area contributed by atoms with Gasteiger partial charge in [0.15, 0.2) is 0 Å². The summed E-state index contributed by atoms with van der Waals surface area (Å²) < 4.78 is 43.2. The van der Waals surface area contributed by atoms with Crippen LogP contribution in [0.3, 0.4) is 0 Å². The van der Waals surface area contributed by atoms with Crippen LogP contribution in [0.15, 0.2) is 35.7 Å². The lowest BCUT2D eigenvalue weighted by atomic mass is 10.1. The number of carboxylic acids is 1. The Hall–Kier alpha value is -2.02. The summed E-state index contributed by atoms with van der Waals surface area (Å²) in [5.74, 6) is -1.55. The van der Waals surface area contributed by atoms with E-state index in [2.05, 4.69) is 0 Å². The van der Waals surface area contributed by atoms with Crippen molar-refractivity contribution in [3.8, 4) is 5.75 Å². The lowest BCUT2D eigenvalue weighted by Crippen LogP contribution is -2.13. The maximum absolute atomic E-state index is 12.6. The molecule has 0 atom stereocenters. The van der Waals surface area contributed by atoms with Gasteiger partial charge in [0.1, 0.15) is 12.4 Å². The molecular formula is C13H9F3O3S. The molecule has 1 N–H and O–H groups in total. The maximum atomic E-state index is 12.6. The predicted molar refractivity (Wildman–Crippen MR) is 67.1 cm³/mol. The van der Waals surface area contributed by atoms with Crippen molar-refractivity contribution in [3.05, 3.63) is 51.7 Å². The molecule has 0 saturated carbocycles. The van der Waals surface area contributed by atoms with E-state index in [1.54, 1.807) is 0 Å². The molecule has 2 rings (SSSR count). The van der Waals surface area contributed by atoms with Crippen LogP contribution < -0.4 is 4.74 Å². The molecule has 1 aromatic carbocycles. The van der Waals surface area contributed by atoms with Gasteiger partial charge in [-0.05, 0) is 29.6 Å². The van der Waals surface area contributed by atoms with Crippen molar-refractivity contribution in [2.24, 2.45) is 0 Å². The molecule has 0 radical (unpaired) electrons. The number of halogens is 3. The standard InChI is InChI=1S/C13H9F3O3S/c14-13(15,16)11-4-3-8(6-10(11)12(17)18)19-7-9-2-1-5-20-9/h1-6H,7H2,(H,17,18). The van der Waals surface area contributed by atoms with Crippen molar-refractivity contribution in [1.29, 1.82) is 0 Å². The average molecular weight is 302 g/mol. The van der Waals surface area contributed by atoms with Gasteiger partial charge in [-0.15, -0.1) is 11.3 Å². The average Bonchev–Trinajstić information content (AvgIpc) is 2.88. The van der Waals surface area contributed by atoms with Crippen molar-refractivity contribution in [1.82, 2.24) is 0 Å². The Kier molecular flexibility index (Phi) is 3.99. The molecule has 20 heavy (non-hydrogen) atoms. The van der Waals surface area contributed by atoms with Gasteiger partial charge in [0.2, 0.25) is 0 Å². The highest BCUT2D eigenvalue weighted by atomic mass is 32.1. The Morgan fingerprint density at radius 3 is 2.60 bits per heavy atom. The minimum Gasteiger partial charge on any atom is -0.488 e. The Morgan fingerprint density at radius 2 is 2.05 bits per heavy atom. The summed E-state index contributed by atoms with van der Waals surface area (Å²) in [5, 5.41) is 10.7. The molecule has 0 aliphatic rings. The number of benzene rings is 1. The van der Waals surface area contributed by atoms with Gasteiger partial charge in [-0.25, -0.2) is 4.79 Å². The van der Waals surface area contributed by atoms with Gasteiger partial charge >= 0.3 is 12.1 Å². The number of aromatic carboxylic acids is 1. The van der Waals surface area contributed by atoms with Crippen LogP contribution in [0.5, 0.6) is 5.75 Å². The number of hydrogen-bond acceptors (Lipinski definition) is 3. The fourth-order valence-electron chi connectivity index (χ4n) is 1.59. The zero-order valence-electron chi connectivity index (χ0n) is 9.98. The molecule has 0 spiro atoms. The van der Waals surface area contributed by atoms with Crippen molar-refractivity contribution in [2.75, 3.05) is 0 Å². The Balaban J connectivity index is 2.24. The number of ether oxygens (including phenoxy) is 1. The Labute approximate surface area is 116 Å². The minimum atomic E-state index is -4.71. The van der Waals surface area contributed by atoms with E-state index < -0.39 is 23.3 Å². The van der Waals surface area contributed by atoms with Crippen LogP contribution in [0.2, 0.25) is 0 Å². The fraction of sp³-hybridized carbons (Fsp3) is 0.154. The van der Waals surface area contributed by atoms with Crippen LogP contribution >= 0.6 is 11.3 Å². The van der Waals surface area contributed by atoms with E-state index in [9.17, 15) is 18.0 Å². The zero-order chi connectivity index (χ0) is 14.8. The van der Waals surface area contributed by atoms with Gasteiger partial charge in [-0.2, -0.15) is 13.2 Å². The quantitative estimate of drug-likeness (QED) is 0.927. The molecule has 1 aromatic heterocycles. The molecule has 0 fully saturated rings. The SMILES string of the molecule is O=C(O)c1cc(OCc2cccs2)ccc1C(F)(F)F. The number of alkyl halides is 3. The van der Waals surface area contributed by atoms with Gasteiger partial charge in [0, 0.05) is 4.88 Å². The lowest BCUT2D eigenvalue weighted by molar-refractivity contribution is -0.138. The van der Waals surface area contributed by atoms with E-state index in [1.807, 2.05) is 17.5 Å². The second-order valence-electron chi connectivity index (χ2n) is 3.88. The zero-order valence-corrected chi connectivity index (χ0v) is 10.8. The normalized spacial score (nSPS) is 11.3. The molecule has 3 nitrogen and oxygen atoms in total. The van der Waals surface area contributed by atoms with Gasteiger partial charge in [0.05, 0.1) is 11.1 Å². The van der Waals surface area contributed by atoms with Gasteiger partial charge in [-0.3, -0.25) is 0 Å². The molecule has 2 aromatic rings. The third kappa shape index (κ3) is 3.30. The molecular weight excluding hydrogens is 293 g/mol. The van der Waals surface area contributed by atoms with Crippen LogP contribution in [0, 0.1) is 0 Å². The maximum Gasteiger partial charge on any atom is 0.417 e. The van der Waals surface area contributed by atoms with E-state index in [1.165, 1.54) is 11.3 Å². The van der Waals surface area contributed by atoms with Crippen LogP contribution in [0.1, 0.15) is 20.8 Å². The third-order valence-corrected chi connectivity index (χ3v) is 3.34. The third-order valence-electron chi connectivity index (χ3n) is 2.49. The van der Waals surface area contributed by atoms with Gasteiger partial charge < -0.3 is 9.84 Å². The summed E-state index contributed by atoms with van der Waals surface area (Å²) in [6.45, 7) is 0.183. The number of carboxylic acid groups (broad SMARTS) is 1. The summed E-state index contributed by atoms with van der Waals surface area (Å²) in [6.07, 6.45) is -4.71. The Morgan fingerprint density at radius 1 is 1.30 bits per heavy atom. The molecule has 0 amide bonds. The van der Waals surface area contributed by atoms with Crippen LogP contribution in [0.4, 0.5) is 13.2 Å². The first-order valence-corrected chi connectivity index (χ1v) is 6.35. The summed E-state index contributed by atoms with van der Waals surface area (Å²) in [7, 11) is 0. The molecule has 7 heteroatoms. The first kappa shape index (κ1) is 14.4. The van der Waals surface area contributed by atoms with Crippen LogP contribution in [-0.4, -0.2) is 11.1 Å². The van der Waals surface area contributed by atoms with Crippen molar-refractivity contribution >= 4 is 17.3 Å². The van der Waals surface area contributed by atoms with E-state index in [-0.39, 0.29) is 12.4 Å². The second-order valence-corrected chi connectivity index (χ2v) is 4.91. The number of thiophene rings is 1. The smallest absolute Gasteiger partial charge is 0.417 e. The van der Waals surface area contributed by atoms with Crippen molar-refractivity contribution in [3.63, 3.8) is 0 Å². The number of carbonyl (C=O) groups is 1.